The molecule has 16 heavy (non-hydrogen) atoms. The molecule has 1 unspecified atom stereocenters. The third kappa shape index (κ3) is 3.30. The van der Waals surface area contributed by atoms with Gasteiger partial charge in [-0.3, -0.25) is 4.79 Å². The zero-order valence-corrected chi connectivity index (χ0v) is 8.83. The average molecular weight is 226 g/mol. The molecule has 0 radical (unpaired) electrons. The Morgan fingerprint density at radius 3 is 2.25 bits per heavy atom. The summed E-state index contributed by atoms with van der Waals surface area (Å²) in [5.41, 5.74) is 0.300. The molecule has 1 aromatic rings. The van der Waals surface area contributed by atoms with E-state index in [1.54, 1.807) is 12.1 Å². The van der Waals surface area contributed by atoms with Crippen molar-refractivity contribution < 1.29 is 24.9 Å². The van der Waals surface area contributed by atoms with Gasteiger partial charge in [0, 0.05) is 12.0 Å². The Bertz CT molecular complexity index is 344. The summed E-state index contributed by atoms with van der Waals surface area (Å²) in [5, 5.41) is 26.6. The Kier molecular flexibility index (Phi) is 4.42. The molecule has 88 valence electrons. The average Bonchev–Trinajstić information content (AvgIpc) is 2.27. The molecule has 0 aliphatic heterocycles. The number of methoxy groups -OCH3 is 1. The minimum atomic E-state index is -1.70. The van der Waals surface area contributed by atoms with E-state index in [-0.39, 0.29) is 0 Å². The second kappa shape index (κ2) is 5.60. The number of hydrogen-bond acceptors (Lipinski definition) is 5. The molecule has 0 saturated carbocycles. The highest BCUT2D eigenvalue weighted by Gasteiger charge is 2.19. The maximum absolute atomic E-state index is 11.6. The molecular weight excluding hydrogens is 212 g/mol. The highest BCUT2D eigenvalue weighted by Crippen LogP contribution is 2.14. The van der Waals surface area contributed by atoms with E-state index < -0.39 is 24.6 Å². The second-order valence-electron chi connectivity index (χ2n) is 3.32. The second-order valence-corrected chi connectivity index (χ2v) is 3.32. The van der Waals surface area contributed by atoms with Gasteiger partial charge in [-0.15, -0.1) is 0 Å². The zero-order valence-electron chi connectivity index (χ0n) is 8.83. The molecule has 5 heteroatoms. The van der Waals surface area contributed by atoms with Gasteiger partial charge in [-0.1, -0.05) is 0 Å². The monoisotopic (exact) mass is 226 g/mol. The number of rotatable bonds is 5. The largest absolute Gasteiger partial charge is 0.497 e. The van der Waals surface area contributed by atoms with Crippen molar-refractivity contribution in [2.45, 2.75) is 18.8 Å². The number of carbonyl (C=O) groups excluding carboxylic acids is 1. The maximum atomic E-state index is 11.6. The fraction of sp³-hybridized carbons (Fsp3) is 0.364. The van der Waals surface area contributed by atoms with Crippen molar-refractivity contribution in [3.8, 4) is 5.75 Å². The lowest BCUT2D eigenvalue weighted by atomic mass is 10.0. The highest BCUT2D eigenvalue weighted by atomic mass is 16.5. The quantitative estimate of drug-likeness (QED) is 0.483. The lowest BCUT2D eigenvalue weighted by molar-refractivity contribution is -0.0646. The van der Waals surface area contributed by atoms with Crippen LogP contribution in [0.5, 0.6) is 5.75 Å². The summed E-state index contributed by atoms with van der Waals surface area (Å²) < 4.78 is 4.92. The first kappa shape index (κ1) is 12.6. The van der Waals surface area contributed by atoms with Gasteiger partial charge >= 0.3 is 0 Å². The summed E-state index contributed by atoms with van der Waals surface area (Å²) in [4.78, 5) is 11.6. The molecule has 1 rings (SSSR count). The summed E-state index contributed by atoms with van der Waals surface area (Å²) in [7, 11) is 1.51. The fourth-order valence-electron chi connectivity index (χ4n) is 1.25. The predicted octanol–water partition coefficient (Wildman–Crippen LogP) is -0.0604. The van der Waals surface area contributed by atoms with Gasteiger partial charge in [0.05, 0.1) is 7.11 Å². The van der Waals surface area contributed by atoms with Crippen molar-refractivity contribution in [1.29, 1.82) is 0 Å². The van der Waals surface area contributed by atoms with E-state index in [2.05, 4.69) is 0 Å². The van der Waals surface area contributed by atoms with Crippen LogP contribution in [0.3, 0.4) is 0 Å². The van der Waals surface area contributed by atoms with Gasteiger partial charge in [-0.25, -0.2) is 0 Å². The van der Waals surface area contributed by atoms with Crippen molar-refractivity contribution in [3.05, 3.63) is 29.8 Å². The van der Waals surface area contributed by atoms with Gasteiger partial charge in [0.25, 0.3) is 0 Å². The van der Waals surface area contributed by atoms with Crippen LogP contribution in [-0.4, -0.2) is 40.6 Å². The van der Waals surface area contributed by atoms with Gasteiger partial charge in [-0.2, -0.15) is 0 Å². The van der Waals surface area contributed by atoms with Gasteiger partial charge < -0.3 is 20.1 Å². The molecular formula is C11H14O5. The number of Topliss-reactive ketones (excluding diaryl/α,β-unsaturated/α-hetero) is 1. The lowest BCUT2D eigenvalue weighted by Gasteiger charge is -2.10. The molecule has 1 aromatic carbocycles. The number of ether oxygens (including phenoxy) is 1. The predicted molar refractivity (Wildman–Crippen MR) is 56.2 cm³/mol. The number of carbonyl (C=O) groups is 1. The molecule has 5 nitrogen and oxygen atoms in total. The first-order valence-corrected chi connectivity index (χ1v) is 4.77. The van der Waals surface area contributed by atoms with Crippen molar-refractivity contribution >= 4 is 5.78 Å². The molecule has 0 aromatic heterocycles. The van der Waals surface area contributed by atoms with E-state index >= 15 is 0 Å². The molecule has 0 aliphatic carbocycles. The summed E-state index contributed by atoms with van der Waals surface area (Å²) in [6.45, 7) is 0. The maximum Gasteiger partial charge on any atom is 0.191 e. The van der Waals surface area contributed by atoms with Crippen LogP contribution < -0.4 is 4.74 Å². The van der Waals surface area contributed by atoms with Crippen LogP contribution in [0.15, 0.2) is 24.3 Å². The Morgan fingerprint density at radius 1 is 1.25 bits per heavy atom. The highest BCUT2D eigenvalue weighted by molar-refractivity contribution is 5.99. The normalized spacial score (nSPS) is 12.6. The third-order valence-corrected chi connectivity index (χ3v) is 2.11. The third-order valence-electron chi connectivity index (χ3n) is 2.11. The fourth-order valence-corrected chi connectivity index (χ4v) is 1.25. The van der Waals surface area contributed by atoms with E-state index in [0.29, 0.717) is 11.3 Å². The Balaban J connectivity index is 2.72. The molecule has 0 heterocycles. The van der Waals surface area contributed by atoms with Gasteiger partial charge in [0.15, 0.2) is 12.1 Å². The molecule has 0 bridgehead atoms. The number of aliphatic hydroxyl groups is 3. The number of ketones is 1. The zero-order chi connectivity index (χ0) is 12.1. The van der Waals surface area contributed by atoms with Crippen molar-refractivity contribution in [2.24, 2.45) is 0 Å². The van der Waals surface area contributed by atoms with Crippen LogP contribution in [0.4, 0.5) is 0 Å². The topological polar surface area (TPSA) is 87.0 Å². The first-order chi connectivity index (χ1) is 7.54. The first-order valence-electron chi connectivity index (χ1n) is 4.77. The van der Waals surface area contributed by atoms with Crippen LogP contribution in [-0.2, 0) is 0 Å². The molecule has 0 amide bonds. The number of benzene rings is 1. The Labute approximate surface area is 92.9 Å². The Hall–Kier alpha value is -1.43. The summed E-state index contributed by atoms with van der Waals surface area (Å²) >= 11 is 0. The smallest absolute Gasteiger partial charge is 0.191 e. The van der Waals surface area contributed by atoms with Crippen LogP contribution >= 0.6 is 0 Å². The molecule has 0 fully saturated rings. The lowest BCUT2D eigenvalue weighted by Crippen LogP contribution is -2.25. The molecule has 3 N–H and O–H groups in total. The van der Waals surface area contributed by atoms with Crippen LogP contribution in [0.1, 0.15) is 16.8 Å². The molecule has 0 saturated heterocycles. The summed E-state index contributed by atoms with van der Waals surface area (Å²) in [6, 6.07) is 6.20. The number of hydrogen-bond donors (Lipinski definition) is 3. The van der Waals surface area contributed by atoms with E-state index in [0.717, 1.165) is 0 Å². The van der Waals surface area contributed by atoms with Crippen molar-refractivity contribution in [3.63, 3.8) is 0 Å². The van der Waals surface area contributed by atoms with Gasteiger partial charge in [-0.05, 0) is 24.3 Å². The molecule has 0 spiro atoms. The Morgan fingerprint density at radius 2 is 1.81 bits per heavy atom. The van der Waals surface area contributed by atoms with E-state index in [1.807, 2.05) is 0 Å². The summed E-state index contributed by atoms with van der Waals surface area (Å²) in [6.07, 6.45) is -3.50. The SMILES string of the molecule is COc1ccc(C(=O)C(O)CC(O)O)cc1. The molecule has 1 atom stereocenters. The van der Waals surface area contributed by atoms with E-state index in [1.165, 1.54) is 19.2 Å². The van der Waals surface area contributed by atoms with Crippen LogP contribution in [0.25, 0.3) is 0 Å². The van der Waals surface area contributed by atoms with Crippen molar-refractivity contribution in [1.82, 2.24) is 0 Å². The standard InChI is InChI=1S/C11H14O5/c1-16-8-4-2-7(3-5-8)11(15)9(12)6-10(13)14/h2-5,9-10,12-14H,6H2,1H3. The van der Waals surface area contributed by atoms with Gasteiger partial charge in [0.1, 0.15) is 11.9 Å². The summed E-state index contributed by atoms with van der Waals surface area (Å²) in [5.74, 6) is 0.0592. The van der Waals surface area contributed by atoms with Crippen LogP contribution in [0, 0.1) is 0 Å². The molecule has 0 aliphatic rings. The minimum Gasteiger partial charge on any atom is -0.497 e. The number of aliphatic hydroxyl groups excluding tert-OH is 2. The van der Waals surface area contributed by atoms with Crippen LogP contribution in [0.2, 0.25) is 0 Å². The van der Waals surface area contributed by atoms with E-state index in [4.69, 9.17) is 14.9 Å². The van der Waals surface area contributed by atoms with Crippen molar-refractivity contribution in [2.75, 3.05) is 7.11 Å². The van der Waals surface area contributed by atoms with Gasteiger partial charge in [0.2, 0.25) is 0 Å². The van der Waals surface area contributed by atoms with E-state index in [9.17, 15) is 9.90 Å². The minimum absolute atomic E-state index is 0.300.